The third kappa shape index (κ3) is 4.66. The van der Waals surface area contributed by atoms with Crippen LogP contribution in [0.15, 0.2) is 34.1 Å². The Labute approximate surface area is 138 Å². The third-order valence-corrected chi connectivity index (χ3v) is 4.82. The maximum absolute atomic E-state index is 12.2. The SMILES string of the molecule is Cc1cccc(C)c1NC(=O)CN(C)Cc1ccc(Br)s1. The van der Waals surface area contributed by atoms with Crippen molar-refractivity contribution in [1.82, 2.24) is 4.90 Å². The molecule has 0 aliphatic heterocycles. The van der Waals surface area contributed by atoms with Gasteiger partial charge >= 0.3 is 0 Å². The van der Waals surface area contributed by atoms with Gasteiger partial charge in [0.1, 0.15) is 0 Å². The third-order valence-electron chi connectivity index (χ3n) is 3.21. The predicted molar refractivity (Wildman–Crippen MR) is 92.9 cm³/mol. The van der Waals surface area contributed by atoms with E-state index in [0.717, 1.165) is 27.1 Å². The number of para-hydroxylation sites is 1. The van der Waals surface area contributed by atoms with Gasteiger partial charge in [0.2, 0.25) is 5.91 Å². The van der Waals surface area contributed by atoms with Crippen molar-refractivity contribution >= 4 is 38.9 Å². The molecule has 2 rings (SSSR count). The Kier molecular flexibility index (Phi) is 5.56. The summed E-state index contributed by atoms with van der Waals surface area (Å²) in [4.78, 5) is 15.4. The molecule has 112 valence electrons. The van der Waals surface area contributed by atoms with Crippen LogP contribution in [0.5, 0.6) is 0 Å². The first-order valence-electron chi connectivity index (χ1n) is 6.74. The minimum absolute atomic E-state index is 0.0190. The van der Waals surface area contributed by atoms with Gasteiger partial charge in [-0.1, -0.05) is 18.2 Å². The summed E-state index contributed by atoms with van der Waals surface area (Å²) >= 11 is 5.15. The molecule has 0 unspecified atom stereocenters. The molecule has 0 saturated heterocycles. The van der Waals surface area contributed by atoms with Gasteiger partial charge in [-0.2, -0.15) is 0 Å². The number of halogens is 1. The topological polar surface area (TPSA) is 32.3 Å². The average molecular weight is 367 g/mol. The monoisotopic (exact) mass is 366 g/mol. The van der Waals surface area contributed by atoms with E-state index in [1.54, 1.807) is 11.3 Å². The Morgan fingerprint density at radius 2 is 1.90 bits per heavy atom. The Morgan fingerprint density at radius 3 is 2.48 bits per heavy atom. The van der Waals surface area contributed by atoms with Crippen molar-refractivity contribution in [2.75, 3.05) is 18.9 Å². The number of carbonyl (C=O) groups is 1. The van der Waals surface area contributed by atoms with Gasteiger partial charge in [0.25, 0.3) is 0 Å². The smallest absolute Gasteiger partial charge is 0.238 e. The molecule has 1 N–H and O–H groups in total. The molecule has 0 radical (unpaired) electrons. The zero-order valence-electron chi connectivity index (χ0n) is 12.4. The molecular formula is C16H19BrN2OS. The van der Waals surface area contributed by atoms with Crippen molar-refractivity contribution in [1.29, 1.82) is 0 Å². The minimum Gasteiger partial charge on any atom is -0.324 e. The number of amides is 1. The van der Waals surface area contributed by atoms with Gasteiger partial charge in [-0.3, -0.25) is 9.69 Å². The fraction of sp³-hybridized carbons (Fsp3) is 0.312. The van der Waals surface area contributed by atoms with Crippen molar-refractivity contribution in [2.45, 2.75) is 20.4 Å². The van der Waals surface area contributed by atoms with Crippen LogP contribution in [-0.2, 0) is 11.3 Å². The molecule has 0 bridgehead atoms. The summed E-state index contributed by atoms with van der Waals surface area (Å²) in [5.41, 5.74) is 3.11. The summed E-state index contributed by atoms with van der Waals surface area (Å²) in [6, 6.07) is 10.1. The first kappa shape index (κ1) is 16.2. The van der Waals surface area contributed by atoms with Crippen LogP contribution in [0, 0.1) is 13.8 Å². The molecule has 3 nitrogen and oxygen atoms in total. The van der Waals surface area contributed by atoms with Crippen LogP contribution in [0.2, 0.25) is 0 Å². The van der Waals surface area contributed by atoms with Crippen LogP contribution < -0.4 is 5.32 Å². The molecule has 0 fully saturated rings. The number of anilines is 1. The van der Waals surface area contributed by atoms with Gasteiger partial charge in [-0.15, -0.1) is 11.3 Å². The quantitative estimate of drug-likeness (QED) is 0.859. The second-order valence-electron chi connectivity index (χ2n) is 5.19. The first-order chi connectivity index (χ1) is 9.95. The van der Waals surface area contributed by atoms with Crippen molar-refractivity contribution in [3.8, 4) is 0 Å². The fourth-order valence-corrected chi connectivity index (χ4v) is 3.76. The van der Waals surface area contributed by atoms with Crippen LogP contribution in [0.3, 0.4) is 0 Å². The van der Waals surface area contributed by atoms with E-state index < -0.39 is 0 Å². The van der Waals surface area contributed by atoms with E-state index in [1.165, 1.54) is 4.88 Å². The number of carbonyl (C=O) groups excluding carboxylic acids is 1. The zero-order valence-corrected chi connectivity index (χ0v) is 14.8. The molecule has 0 atom stereocenters. The summed E-state index contributed by atoms with van der Waals surface area (Å²) in [5.74, 6) is 0.0190. The molecule has 21 heavy (non-hydrogen) atoms. The lowest BCUT2D eigenvalue weighted by molar-refractivity contribution is -0.117. The Balaban J connectivity index is 1.92. The molecule has 0 aliphatic rings. The highest BCUT2D eigenvalue weighted by Gasteiger charge is 2.11. The van der Waals surface area contributed by atoms with Crippen molar-refractivity contribution in [3.63, 3.8) is 0 Å². The minimum atomic E-state index is 0.0190. The lowest BCUT2D eigenvalue weighted by Gasteiger charge is -2.17. The molecule has 1 aromatic carbocycles. The summed E-state index contributed by atoms with van der Waals surface area (Å²) in [7, 11) is 1.96. The zero-order chi connectivity index (χ0) is 15.4. The highest BCUT2D eigenvalue weighted by molar-refractivity contribution is 9.11. The predicted octanol–water partition coefficient (Wildman–Crippen LogP) is 4.20. The van der Waals surface area contributed by atoms with Crippen LogP contribution in [0.25, 0.3) is 0 Å². The van der Waals surface area contributed by atoms with Gasteiger partial charge < -0.3 is 5.32 Å². The van der Waals surface area contributed by atoms with Gasteiger partial charge in [0.05, 0.1) is 10.3 Å². The molecule has 1 heterocycles. The van der Waals surface area contributed by atoms with Gasteiger partial charge in [0, 0.05) is 17.1 Å². The molecule has 1 amide bonds. The highest BCUT2D eigenvalue weighted by Crippen LogP contribution is 2.23. The number of nitrogens with zero attached hydrogens (tertiary/aromatic N) is 1. The number of thiophene rings is 1. The second-order valence-corrected chi connectivity index (χ2v) is 7.74. The molecular weight excluding hydrogens is 348 g/mol. The standard InChI is InChI=1S/C16H19BrN2OS/c1-11-5-4-6-12(2)16(11)18-15(20)10-19(3)9-13-7-8-14(17)21-13/h4-8H,9-10H2,1-3H3,(H,18,20). The Morgan fingerprint density at radius 1 is 1.24 bits per heavy atom. The van der Waals surface area contributed by atoms with E-state index in [2.05, 4.69) is 27.3 Å². The van der Waals surface area contributed by atoms with Crippen molar-refractivity contribution in [3.05, 3.63) is 50.1 Å². The average Bonchev–Trinajstić information content (AvgIpc) is 2.79. The lowest BCUT2D eigenvalue weighted by atomic mass is 10.1. The molecule has 0 spiro atoms. The van der Waals surface area contributed by atoms with Crippen molar-refractivity contribution < 1.29 is 4.79 Å². The summed E-state index contributed by atoms with van der Waals surface area (Å²) in [6.07, 6.45) is 0. The maximum atomic E-state index is 12.2. The molecule has 0 aliphatic carbocycles. The van der Waals surface area contributed by atoms with E-state index >= 15 is 0 Å². The molecule has 5 heteroatoms. The number of likely N-dealkylation sites (N-methyl/N-ethyl adjacent to an activating group) is 1. The van der Waals surface area contributed by atoms with Gasteiger partial charge in [0.15, 0.2) is 0 Å². The molecule has 0 saturated carbocycles. The van der Waals surface area contributed by atoms with Crippen molar-refractivity contribution in [2.24, 2.45) is 0 Å². The lowest BCUT2D eigenvalue weighted by Crippen LogP contribution is -2.30. The molecule has 2 aromatic rings. The summed E-state index contributed by atoms with van der Waals surface area (Å²) in [6.45, 7) is 5.17. The van der Waals surface area contributed by atoms with E-state index in [4.69, 9.17) is 0 Å². The maximum Gasteiger partial charge on any atom is 0.238 e. The number of benzene rings is 1. The van der Waals surface area contributed by atoms with Crippen LogP contribution in [-0.4, -0.2) is 24.4 Å². The normalized spacial score (nSPS) is 10.9. The number of aryl methyl sites for hydroxylation is 2. The van der Waals surface area contributed by atoms with E-state index in [9.17, 15) is 4.79 Å². The second kappa shape index (κ2) is 7.20. The number of hydrogen-bond acceptors (Lipinski definition) is 3. The summed E-state index contributed by atoms with van der Waals surface area (Å²) < 4.78 is 1.12. The largest absolute Gasteiger partial charge is 0.324 e. The summed E-state index contributed by atoms with van der Waals surface area (Å²) in [5, 5.41) is 3.01. The van der Waals surface area contributed by atoms with E-state index in [-0.39, 0.29) is 5.91 Å². The number of hydrogen-bond donors (Lipinski definition) is 1. The van der Waals surface area contributed by atoms with E-state index in [1.807, 2.05) is 50.1 Å². The van der Waals surface area contributed by atoms with Crippen LogP contribution >= 0.6 is 27.3 Å². The number of rotatable bonds is 5. The highest BCUT2D eigenvalue weighted by atomic mass is 79.9. The fourth-order valence-electron chi connectivity index (χ4n) is 2.19. The Hall–Kier alpha value is -1.17. The van der Waals surface area contributed by atoms with Gasteiger partial charge in [-0.05, 0) is 60.1 Å². The number of nitrogens with one attached hydrogen (secondary N) is 1. The first-order valence-corrected chi connectivity index (χ1v) is 8.35. The van der Waals surface area contributed by atoms with Gasteiger partial charge in [-0.25, -0.2) is 0 Å². The van der Waals surface area contributed by atoms with E-state index in [0.29, 0.717) is 6.54 Å². The van der Waals surface area contributed by atoms with Crippen LogP contribution in [0.4, 0.5) is 5.69 Å². The Bertz CT molecular complexity index is 619. The molecule has 1 aromatic heterocycles. The van der Waals surface area contributed by atoms with Crippen LogP contribution in [0.1, 0.15) is 16.0 Å².